The van der Waals surface area contributed by atoms with Gasteiger partial charge in [0, 0.05) is 28.1 Å². The Labute approximate surface area is 250 Å². The number of hydrogen-bond donors (Lipinski definition) is 2. The fraction of sp³-hybridized carbons (Fsp3) is 0.182. The van der Waals surface area contributed by atoms with Gasteiger partial charge in [-0.2, -0.15) is 0 Å². The van der Waals surface area contributed by atoms with Crippen LogP contribution in [0.25, 0.3) is 33.5 Å². The highest BCUT2D eigenvalue weighted by atomic mass is 35.5. The maximum absolute atomic E-state index is 13.6. The molecule has 0 saturated carbocycles. The molecule has 0 fully saturated rings. The molecule has 1 atom stereocenters. The van der Waals surface area contributed by atoms with Crippen molar-refractivity contribution in [3.8, 4) is 22.5 Å². The molecule has 0 saturated heterocycles. The van der Waals surface area contributed by atoms with E-state index in [1.165, 1.54) is 6.07 Å². The first kappa shape index (κ1) is 29.2. The number of carbonyl (C=O) groups excluding carboxylic acids is 2. The van der Waals surface area contributed by atoms with Crippen molar-refractivity contribution in [1.29, 1.82) is 0 Å². The molecule has 0 aliphatic heterocycles. The number of Topliss-reactive ketones (excluding diaryl/α,β-unsaturated/α-hetero) is 1. The molecule has 1 amide bonds. The van der Waals surface area contributed by atoms with E-state index in [0.717, 1.165) is 35.7 Å². The summed E-state index contributed by atoms with van der Waals surface area (Å²) in [5.74, 6) is -0.404. The molecule has 2 N–H and O–H groups in total. The first-order chi connectivity index (χ1) is 20.1. The number of H-pyrrole nitrogens is 1. The highest BCUT2D eigenvalue weighted by molar-refractivity contribution is 7.89. The van der Waals surface area contributed by atoms with Crippen LogP contribution in [0.4, 0.5) is 0 Å². The van der Waals surface area contributed by atoms with Crippen LogP contribution in [-0.4, -0.2) is 36.3 Å². The number of halogens is 1. The van der Waals surface area contributed by atoms with Gasteiger partial charge < -0.3 is 4.98 Å². The summed E-state index contributed by atoms with van der Waals surface area (Å²) in [5.41, 5.74) is 4.68. The Hall–Kier alpha value is -4.27. The Morgan fingerprint density at radius 1 is 0.905 bits per heavy atom. The van der Waals surface area contributed by atoms with E-state index >= 15 is 0 Å². The van der Waals surface area contributed by atoms with E-state index in [0.29, 0.717) is 33.1 Å². The second-order valence-electron chi connectivity index (χ2n) is 10.3. The van der Waals surface area contributed by atoms with Gasteiger partial charge in [-0.25, -0.2) is 18.1 Å². The minimum Gasteiger partial charge on any atom is -0.338 e. The summed E-state index contributed by atoms with van der Waals surface area (Å²) in [6.45, 7) is 2.08. The molecule has 42 heavy (non-hydrogen) atoms. The number of fused-ring (bicyclic) bond motifs is 1. The third kappa shape index (κ3) is 6.61. The Bertz CT molecular complexity index is 1850. The number of imidazole rings is 1. The summed E-state index contributed by atoms with van der Waals surface area (Å²) in [6.07, 6.45) is 2.91. The predicted octanol–water partition coefficient (Wildman–Crippen LogP) is 7.40. The van der Waals surface area contributed by atoms with Crippen LogP contribution in [0.15, 0.2) is 91.0 Å². The molecule has 5 rings (SSSR count). The number of hydrogen-bond acceptors (Lipinski definition) is 5. The van der Waals surface area contributed by atoms with Crippen molar-refractivity contribution < 1.29 is 18.0 Å². The molecule has 9 heteroatoms. The van der Waals surface area contributed by atoms with E-state index in [4.69, 9.17) is 16.6 Å². The molecule has 1 aromatic heterocycles. The van der Waals surface area contributed by atoms with Gasteiger partial charge in [0.1, 0.15) is 5.82 Å². The SMILES string of the molecule is CCC[C@@H](CC(=O)c1ccc(-c2cc(Cl)ccc2-c2nc3ccccc3[nH]2)c(C(=O)NS(C)(=O)=O)c1)c1ccccc1. The molecule has 0 unspecified atom stereocenters. The zero-order valence-corrected chi connectivity index (χ0v) is 24.8. The number of nitrogens with zero attached hydrogens (tertiary/aromatic N) is 1. The number of benzene rings is 4. The van der Waals surface area contributed by atoms with E-state index in [1.54, 1.807) is 30.3 Å². The second kappa shape index (κ2) is 12.3. The average Bonchev–Trinajstić information content (AvgIpc) is 3.40. The number of nitrogens with one attached hydrogen (secondary N) is 2. The zero-order valence-electron chi connectivity index (χ0n) is 23.2. The molecule has 0 spiro atoms. The molecular weight excluding hydrogens is 570 g/mol. The van der Waals surface area contributed by atoms with E-state index in [-0.39, 0.29) is 23.7 Å². The van der Waals surface area contributed by atoms with Crippen LogP contribution in [0.3, 0.4) is 0 Å². The van der Waals surface area contributed by atoms with Crippen molar-refractivity contribution >= 4 is 44.3 Å². The number of sulfonamides is 1. The second-order valence-corrected chi connectivity index (χ2v) is 12.5. The quantitative estimate of drug-likeness (QED) is 0.163. The molecule has 214 valence electrons. The smallest absolute Gasteiger partial charge is 0.265 e. The lowest BCUT2D eigenvalue weighted by atomic mass is 9.87. The lowest BCUT2D eigenvalue weighted by Crippen LogP contribution is -2.30. The first-order valence-electron chi connectivity index (χ1n) is 13.6. The fourth-order valence-corrected chi connectivity index (χ4v) is 5.81. The van der Waals surface area contributed by atoms with Crippen molar-refractivity contribution in [2.45, 2.75) is 32.1 Å². The van der Waals surface area contributed by atoms with Gasteiger partial charge in [-0.1, -0.05) is 79.5 Å². The minimum atomic E-state index is -3.88. The normalized spacial score (nSPS) is 12.3. The lowest BCUT2D eigenvalue weighted by Gasteiger charge is -2.17. The van der Waals surface area contributed by atoms with Crippen LogP contribution in [0.1, 0.15) is 58.4 Å². The largest absolute Gasteiger partial charge is 0.338 e. The number of aromatic nitrogens is 2. The molecule has 0 aliphatic rings. The van der Waals surface area contributed by atoms with E-state index in [1.807, 2.05) is 54.6 Å². The van der Waals surface area contributed by atoms with Gasteiger partial charge in [-0.05, 0) is 65.4 Å². The Balaban J connectivity index is 1.60. The molecule has 0 radical (unpaired) electrons. The molecule has 1 heterocycles. The van der Waals surface area contributed by atoms with E-state index < -0.39 is 15.9 Å². The Morgan fingerprint density at radius 3 is 2.33 bits per heavy atom. The van der Waals surface area contributed by atoms with Gasteiger partial charge >= 0.3 is 0 Å². The minimum absolute atomic E-state index is 0.0179. The van der Waals surface area contributed by atoms with Gasteiger partial charge in [-0.15, -0.1) is 0 Å². The number of amides is 1. The Morgan fingerprint density at radius 2 is 1.62 bits per heavy atom. The summed E-state index contributed by atoms with van der Waals surface area (Å²) in [7, 11) is -3.88. The summed E-state index contributed by atoms with van der Waals surface area (Å²) in [6, 6.07) is 27.5. The van der Waals surface area contributed by atoms with Gasteiger partial charge in [-0.3, -0.25) is 9.59 Å². The van der Waals surface area contributed by atoms with Crippen LogP contribution in [0.5, 0.6) is 0 Å². The monoisotopic (exact) mass is 599 g/mol. The maximum Gasteiger partial charge on any atom is 0.265 e. The highest BCUT2D eigenvalue weighted by Gasteiger charge is 2.23. The number of rotatable bonds is 10. The van der Waals surface area contributed by atoms with Crippen LogP contribution in [0.2, 0.25) is 5.02 Å². The van der Waals surface area contributed by atoms with Gasteiger partial charge in [0.15, 0.2) is 5.78 Å². The molecule has 5 aromatic rings. The number of para-hydroxylation sites is 2. The van der Waals surface area contributed by atoms with Crippen molar-refractivity contribution in [2.75, 3.05) is 6.26 Å². The molecular formula is C33H30ClN3O4S. The van der Waals surface area contributed by atoms with E-state index in [2.05, 4.69) is 16.6 Å². The van der Waals surface area contributed by atoms with Gasteiger partial charge in [0.2, 0.25) is 10.0 Å². The summed E-state index contributed by atoms with van der Waals surface area (Å²) >= 11 is 6.42. The topological polar surface area (TPSA) is 109 Å². The van der Waals surface area contributed by atoms with Crippen LogP contribution >= 0.6 is 11.6 Å². The maximum atomic E-state index is 13.6. The average molecular weight is 600 g/mol. The third-order valence-electron chi connectivity index (χ3n) is 7.12. The van der Waals surface area contributed by atoms with Crippen molar-refractivity contribution in [1.82, 2.24) is 14.7 Å². The highest BCUT2D eigenvalue weighted by Crippen LogP contribution is 2.37. The van der Waals surface area contributed by atoms with Crippen molar-refractivity contribution in [3.63, 3.8) is 0 Å². The number of ketones is 1. The van der Waals surface area contributed by atoms with Crippen molar-refractivity contribution in [3.05, 3.63) is 113 Å². The predicted molar refractivity (Wildman–Crippen MR) is 167 cm³/mol. The number of aromatic amines is 1. The number of carbonyl (C=O) groups is 2. The molecule has 0 bridgehead atoms. The first-order valence-corrected chi connectivity index (χ1v) is 15.9. The van der Waals surface area contributed by atoms with Crippen molar-refractivity contribution in [2.24, 2.45) is 0 Å². The van der Waals surface area contributed by atoms with Crippen LogP contribution < -0.4 is 4.72 Å². The third-order valence-corrected chi connectivity index (χ3v) is 7.91. The van der Waals surface area contributed by atoms with Crippen LogP contribution in [0, 0.1) is 0 Å². The summed E-state index contributed by atoms with van der Waals surface area (Å²) < 4.78 is 26.2. The summed E-state index contributed by atoms with van der Waals surface area (Å²) in [4.78, 5) is 35.0. The van der Waals surface area contributed by atoms with Gasteiger partial charge in [0.25, 0.3) is 5.91 Å². The lowest BCUT2D eigenvalue weighted by molar-refractivity contribution is 0.0972. The molecule has 4 aromatic carbocycles. The Kier molecular flexibility index (Phi) is 8.56. The standard InChI is InChI=1S/C33H30ClN3O4S/c1-3-9-22(21-10-5-4-6-11-21)19-31(38)23-14-16-25(28(18-23)33(39)37-42(2,40)41)27-20-24(34)15-17-26(27)32-35-29-12-7-8-13-30(29)36-32/h4-8,10-18,20,22H,3,9,19H2,1-2H3,(H,35,36)(H,37,39)/t22-/m0/s1. The molecule has 7 nitrogen and oxygen atoms in total. The summed E-state index contributed by atoms with van der Waals surface area (Å²) in [5, 5.41) is 0.421. The van der Waals surface area contributed by atoms with Crippen LogP contribution in [-0.2, 0) is 10.0 Å². The molecule has 0 aliphatic carbocycles. The van der Waals surface area contributed by atoms with E-state index in [9.17, 15) is 18.0 Å². The zero-order chi connectivity index (χ0) is 29.9. The fourth-order valence-electron chi connectivity index (χ4n) is 5.19. The van der Waals surface area contributed by atoms with Gasteiger partial charge in [0.05, 0.1) is 17.3 Å².